The van der Waals surface area contributed by atoms with E-state index in [1.165, 1.54) is 11.4 Å². The van der Waals surface area contributed by atoms with Crippen LogP contribution in [0.25, 0.3) is 33.2 Å². The fourth-order valence-corrected chi connectivity index (χ4v) is 4.69. The number of furan rings is 1. The van der Waals surface area contributed by atoms with Gasteiger partial charge >= 0.3 is 0 Å². The molecule has 3 heterocycles. The van der Waals surface area contributed by atoms with Gasteiger partial charge in [-0.2, -0.15) is 0 Å². The van der Waals surface area contributed by atoms with Gasteiger partial charge in [-0.25, -0.2) is 0 Å². The molecule has 0 bridgehead atoms. The van der Waals surface area contributed by atoms with Gasteiger partial charge in [0.05, 0.1) is 13.8 Å². The SMILES string of the molecule is [2H]C([2H])([2H])c1ccc(-c2ccc([Si](C)(C)C)c3c2oc2ccncc23)nc1. The third-order valence-corrected chi connectivity index (χ3v) is 6.30. The molecule has 0 N–H and O–H groups in total. The van der Waals surface area contributed by atoms with Crippen LogP contribution in [0.3, 0.4) is 0 Å². The van der Waals surface area contributed by atoms with Crippen LogP contribution in [0.5, 0.6) is 0 Å². The quantitative estimate of drug-likeness (QED) is 0.489. The van der Waals surface area contributed by atoms with Crippen molar-refractivity contribution < 1.29 is 8.53 Å². The van der Waals surface area contributed by atoms with Crippen LogP contribution in [0.4, 0.5) is 0 Å². The Balaban J connectivity index is 2.00. The summed E-state index contributed by atoms with van der Waals surface area (Å²) >= 11 is 0. The molecule has 0 aliphatic carbocycles. The van der Waals surface area contributed by atoms with E-state index in [0.717, 1.165) is 27.5 Å². The van der Waals surface area contributed by atoms with Crippen LogP contribution < -0.4 is 5.19 Å². The molecule has 0 atom stereocenters. The van der Waals surface area contributed by atoms with Gasteiger partial charge in [-0.3, -0.25) is 9.97 Å². The highest BCUT2D eigenvalue weighted by Gasteiger charge is 2.24. The van der Waals surface area contributed by atoms with Gasteiger partial charge in [0.25, 0.3) is 0 Å². The van der Waals surface area contributed by atoms with Gasteiger partial charge in [-0.15, -0.1) is 0 Å². The first-order valence-electron chi connectivity index (χ1n) is 9.43. The molecule has 4 heteroatoms. The largest absolute Gasteiger partial charge is 0.455 e. The Kier molecular flexibility index (Phi) is 2.63. The van der Waals surface area contributed by atoms with Crippen LogP contribution >= 0.6 is 0 Å². The molecule has 0 unspecified atom stereocenters. The van der Waals surface area contributed by atoms with E-state index < -0.39 is 14.9 Å². The monoisotopic (exact) mass is 335 g/mol. The summed E-state index contributed by atoms with van der Waals surface area (Å²) in [6.07, 6.45) is 4.99. The standard InChI is InChI=1S/C20H20N2OSi/c1-13-5-7-16(22-11-13)14-6-8-18(24(2,3)4)19-15-12-21-10-9-17(15)23-20(14)19/h5-12H,1-4H3/i1D3. The minimum Gasteiger partial charge on any atom is -0.455 e. The Hall–Kier alpha value is -2.46. The first kappa shape index (κ1) is 12.0. The van der Waals surface area contributed by atoms with E-state index in [-0.39, 0.29) is 5.56 Å². The Morgan fingerprint density at radius 1 is 1.04 bits per heavy atom. The number of nitrogens with zero attached hydrogens (tertiary/aromatic N) is 2. The van der Waals surface area contributed by atoms with Gasteiger partial charge in [0.1, 0.15) is 11.2 Å². The summed E-state index contributed by atoms with van der Waals surface area (Å²) < 4.78 is 28.8. The molecule has 1 aromatic carbocycles. The minimum atomic E-state index is -2.16. The van der Waals surface area contributed by atoms with Gasteiger partial charge in [0, 0.05) is 39.0 Å². The van der Waals surface area contributed by atoms with Crippen molar-refractivity contribution in [3.63, 3.8) is 0 Å². The van der Waals surface area contributed by atoms with Crippen LogP contribution in [0.1, 0.15) is 9.68 Å². The summed E-state index contributed by atoms with van der Waals surface area (Å²) in [6.45, 7) is 4.76. The van der Waals surface area contributed by atoms with E-state index in [9.17, 15) is 0 Å². The second kappa shape index (κ2) is 5.28. The summed E-state index contributed by atoms with van der Waals surface area (Å²) in [5.41, 5.74) is 3.37. The van der Waals surface area contributed by atoms with Crippen LogP contribution in [-0.2, 0) is 0 Å². The van der Waals surface area contributed by atoms with Crippen molar-refractivity contribution in [3.8, 4) is 11.3 Å². The third kappa shape index (κ3) is 2.34. The van der Waals surface area contributed by atoms with Crippen molar-refractivity contribution in [3.05, 3.63) is 54.5 Å². The number of pyridine rings is 2. The molecule has 3 nitrogen and oxygen atoms in total. The molecule has 0 amide bonds. The van der Waals surface area contributed by atoms with E-state index >= 15 is 0 Å². The zero-order chi connectivity index (χ0) is 19.4. The Morgan fingerprint density at radius 2 is 1.92 bits per heavy atom. The van der Waals surface area contributed by atoms with Gasteiger partial charge in [-0.1, -0.05) is 31.8 Å². The van der Waals surface area contributed by atoms with Crippen molar-refractivity contribution in [1.82, 2.24) is 9.97 Å². The zero-order valence-electron chi connectivity index (χ0n) is 16.9. The first-order valence-corrected chi connectivity index (χ1v) is 11.4. The maximum absolute atomic E-state index is 7.52. The van der Waals surface area contributed by atoms with E-state index in [1.807, 2.05) is 18.3 Å². The smallest absolute Gasteiger partial charge is 0.144 e. The number of fused-ring (bicyclic) bond motifs is 3. The summed E-state index contributed by atoms with van der Waals surface area (Å²) in [5.74, 6) is 0. The van der Waals surface area contributed by atoms with Crippen molar-refractivity contribution >= 4 is 35.2 Å². The molecule has 0 aliphatic heterocycles. The van der Waals surface area contributed by atoms with Gasteiger partial charge in [0.15, 0.2) is 0 Å². The van der Waals surface area contributed by atoms with E-state index in [0.29, 0.717) is 5.69 Å². The molecule has 0 aliphatic rings. The Labute approximate surface area is 146 Å². The molecule has 4 rings (SSSR count). The predicted octanol–water partition coefficient (Wildman–Crippen LogP) is 4.90. The van der Waals surface area contributed by atoms with Crippen LogP contribution in [-0.4, -0.2) is 18.0 Å². The molecule has 120 valence electrons. The normalized spacial score (nSPS) is 14.5. The molecule has 4 aromatic rings. The predicted molar refractivity (Wildman–Crippen MR) is 102 cm³/mol. The fourth-order valence-electron chi connectivity index (χ4n) is 3.10. The summed E-state index contributed by atoms with van der Waals surface area (Å²) in [6, 6.07) is 9.42. The highest BCUT2D eigenvalue weighted by atomic mass is 28.3. The summed E-state index contributed by atoms with van der Waals surface area (Å²) in [5, 5.41) is 3.41. The highest BCUT2D eigenvalue weighted by molar-refractivity contribution is 6.90. The van der Waals surface area contributed by atoms with E-state index in [2.05, 4.69) is 35.7 Å². The number of hydrogen-bond donors (Lipinski definition) is 0. The number of benzene rings is 1. The second-order valence-electron chi connectivity index (χ2n) is 7.02. The second-order valence-corrected chi connectivity index (χ2v) is 12.1. The average Bonchev–Trinajstić information content (AvgIpc) is 2.99. The molecule has 0 saturated heterocycles. The minimum absolute atomic E-state index is 0.231. The molecule has 0 saturated carbocycles. The van der Waals surface area contributed by atoms with Crippen molar-refractivity contribution in [1.29, 1.82) is 0 Å². The van der Waals surface area contributed by atoms with E-state index in [4.69, 9.17) is 8.53 Å². The van der Waals surface area contributed by atoms with Crippen molar-refractivity contribution in [2.24, 2.45) is 0 Å². The lowest BCUT2D eigenvalue weighted by Crippen LogP contribution is -2.37. The van der Waals surface area contributed by atoms with Crippen LogP contribution in [0, 0.1) is 6.85 Å². The third-order valence-electron chi connectivity index (χ3n) is 4.27. The lowest BCUT2D eigenvalue weighted by atomic mass is 10.1. The molecule has 0 fully saturated rings. The molecule has 0 radical (unpaired) electrons. The first-order chi connectivity index (χ1) is 12.7. The van der Waals surface area contributed by atoms with Gasteiger partial charge < -0.3 is 4.42 Å². The van der Waals surface area contributed by atoms with Gasteiger partial charge in [-0.05, 0) is 35.8 Å². The molecular weight excluding hydrogens is 312 g/mol. The van der Waals surface area contributed by atoms with Gasteiger partial charge in [0.2, 0.25) is 0 Å². The van der Waals surface area contributed by atoms with Crippen LogP contribution in [0.2, 0.25) is 19.6 Å². The van der Waals surface area contributed by atoms with E-state index in [1.54, 1.807) is 18.3 Å². The van der Waals surface area contributed by atoms with Crippen molar-refractivity contribution in [2.45, 2.75) is 26.5 Å². The molecule has 0 spiro atoms. The number of hydrogen-bond acceptors (Lipinski definition) is 3. The Morgan fingerprint density at radius 3 is 2.62 bits per heavy atom. The topological polar surface area (TPSA) is 38.9 Å². The number of rotatable bonds is 2. The van der Waals surface area contributed by atoms with Crippen LogP contribution in [0.15, 0.2) is 53.3 Å². The highest BCUT2D eigenvalue weighted by Crippen LogP contribution is 2.34. The van der Waals surface area contributed by atoms with Crippen molar-refractivity contribution in [2.75, 3.05) is 0 Å². The number of aromatic nitrogens is 2. The molecule has 24 heavy (non-hydrogen) atoms. The maximum Gasteiger partial charge on any atom is 0.144 e. The average molecular weight is 335 g/mol. The zero-order valence-corrected chi connectivity index (χ0v) is 14.9. The summed E-state index contributed by atoms with van der Waals surface area (Å²) in [4.78, 5) is 8.68. The molecule has 3 aromatic heterocycles. The Bertz CT molecular complexity index is 1140. The number of aryl methyl sites for hydroxylation is 1. The fraction of sp³-hybridized carbons (Fsp3) is 0.200. The summed E-state index contributed by atoms with van der Waals surface area (Å²) in [7, 11) is -1.62. The lowest BCUT2D eigenvalue weighted by Gasteiger charge is -2.18. The molecular formula is C20H20N2OSi. The maximum atomic E-state index is 7.52. The lowest BCUT2D eigenvalue weighted by molar-refractivity contribution is 0.669.